The molecule has 0 aromatic rings. The van der Waals surface area contributed by atoms with E-state index in [0.29, 0.717) is 25.0 Å². The monoisotopic (exact) mass is 249 g/mol. The molecule has 0 aliphatic carbocycles. The maximum absolute atomic E-state index is 11.3. The molecule has 94 valence electrons. The van der Waals surface area contributed by atoms with Crippen LogP contribution in [0.5, 0.6) is 0 Å². The van der Waals surface area contributed by atoms with Crippen LogP contribution in [-0.2, 0) is 19.4 Å². The number of ether oxygens (including phenoxy) is 1. The van der Waals surface area contributed by atoms with Crippen molar-refractivity contribution in [3.05, 3.63) is 0 Å². The van der Waals surface area contributed by atoms with Crippen molar-refractivity contribution >= 4 is 15.8 Å². The van der Waals surface area contributed by atoms with Crippen LogP contribution in [0.2, 0.25) is 0 Å². The minimum Gasteiger partial charge on any atom is -0.469 e. The molecule has 1 unspecified atom stereocenters. The van der Waals surface area contributed by atoms with Gasteiger partial charge in [0.05, 0.1) is 18.6 Å². The highest BCUT2D eigenvalue weighted by Crippen LogP contribution is 2.16. The molecule has 0 radical (unpaired) electrons. The Hall–Kier alpha value is -0.620. The van der Waals surface area contributed by atoms with Gasteiger partial charge in [-0.15, -0.1) is 0 Å². The van der Waals surface area contributed by atoms with Gasteiger partial charge >= 0.3 is 5.97 Å². The Bertz CT molecular complexity index is 339. The maximum atomic E-state index is 11.3. The minimum absolute atomic E-state index is 0.114. The summed E-state index contributed by atoms with van der Waals surface area (Å²) in [6.45, 7) is 0.731. The molecule has 16 heavy (non-hydrogen) atoms. The minimum atomic E-state index is -2.82. The molecular formula is C10H19NO4S. The third-order valence-corrected chi connectivity index (χ3v) is 4.70. The summed E-state index contributed by atoms with van der Waals surface area (Å²) in [5, 5.41) is 0. The van der Waals surface area contributed by atoms with E-state index < -0.39 is 9.84 Å². The standard InChI is InChI=1S/C10H19NO4S/c1-11(6-3-4-10(12)15-2)9-5-7-16(13,14)8-9/h9H,3-8H2,1-2H3. The average molecular weight is 249 g/mol. The van der Waals surface area contributed by atoms with Crippen LogP contribution in [0.3, 0.4) is 0 Å². The number of carbonyl (C=O) groups is 1. The summed E-state index contributed by atoms with van der Waals surface area (Å²) in [6, 6.07) is 0.114. The van der Waals surface area contributed by atoms with Crippen molar-refractivity contribution in [1.29, 1.82) is 0 Å². The molecule has 0 aromatic carbocycles. The summed E-state index contributed by atoms with van der Waals surface area (Å²) in [5.74, 6) is 0.327. The third-order valence-electron chi connectivity index (χ3n) is 2.95. The number of methoxy groups -OCH3 is 1. The van der Waals surface area contributed by atoms with Crippen molar-refractivity contribution < 1.29 is 17.9 Å². The second kappa shape index (κ2) is 5.63. The molecule has 6 heteroatoms. The van der Waals surface area contributed by atoms with E-state index in [1.54, 1.807) is 0 Å². The van der Waals surface area contributed by atoms with Gasteiger partial charge in [-0.2, -0.15) is 0 Å². The molecule has 1 fully saturated rings. The van der Waals surface area contributed by atoms with Crippen molar-refractivity contribution in [3.8, 4) is 0 Å². The van der Waals surface area contributed by atoms with Gasteiger partial charge in [-0.25, -0.2) is 8.42 Å². The summed E-state index contributed by atoms with van der Waals surface area (Å²) in [6.07, 6.45) is 1.80. The third kappa shape index (κ3) is 4.09. The van der Waals surface area contributed by atoms with Crippen LogP contribution in [0.4, 0.5) is 0 Å². The molecular weight excluding hydrogens is 230 g/mol. The Balaban J connectivity index is 2.26. The van der Waals surface area contributed by atoms with Crippen molar-refractivity contribution in [1.82, 2.24) is 4.90 Å². The summed E-state index contributed by atoms with van der Waals surface area (Å²) >= 11 is 0. The Morgan fingerprint density at radius 3 is 2.69 bits per heavy atom. The van der Waals surface area contributed by atoms with Crippen molar-refractivity contribution in [2.45, 2.75) is 25.3 Å². The van der Waals surface area contributed by atoms with Crippen molar-refractivity contribution in [2.24, 2.45) is 0 Å². The van der Waals surface area contributed by atoms with Crippen LogP contribution in [0, 0.1) is 0 Å². The highest BCUT2D eigenvalue weighted by molar-refractivity contribution is 7.91. The molecule has 0 amide bonds. The van der Waals surface area contributed by atoms with E-state index >= 15 is 0 Å². The first-order valence-corrected chi connectivity index (χ1v) is 7.24. The average Bonchev–Trinajstić information content (AvgIpc) is 2.58. The zero-order chi connectivity index (χ0) is 12.2. The van der Waals surface area contributed by atoms with Gasteiger partial charge < -0.3 is 9.64 Å². The van der Waals surface area contributed by atoms with Crippen LogP contribution in [-0.4, -0.2) is 57.5 Å². The number of sulfone groups is 1. The number of carbonyl (C=O) groups excluding carboxylic acids is 1. The molecule has 5 nitrogen and oxygen atoms in total. The molecule has 1 aliphatic rings. The van der Waals surface area contributed by atoms with Crippen LogP contribution in [0.1, 0.15) is 19.3 Å². The van der Waals surface area contributed by atoms with Gasteiger partial charge in [-0.3, -0.25) is 4.79 Å². The number of esters is 1. The molecule has 1 heterocycles. The summed E-state index contributed by atoms with van der Waals surface area (Å²) in [5.41, 5.74) is 0. The first-order chi connectivity index (χ1) is 7.44. The fourth-order valence-electron chi connectivity index (χ4n) is 1.88. The number of hydrogen-bond donors (Lipinski definition) is 0. The van der Waals surface area contributed by atoms with Crippen molar-refractivity contribution in [3.63, 3.8) is 0 Å². The molecule has 1 rings (SSSR count). The normalized spacial score (nSPS) is 23.6. The first-order valence-electron chi connectivity index (χ1n) is 5.42. The predicted molar refractivity (Wildman–Crippen MR) is 60.9 cm³/mol. The topological polar surface area (TPSA) is 63.7 Å². The van der Waals surface area contributed by atoms with Crippen LogP contribution in [0.15, 0.2) is 0 Å². The highest BCUT2D eigenvalue weighted by atomic mass is 32.2. The van der Waals surface area contributed by atoms with Gasteiger partial charge in [0.1, 0.15) is 0 Å². The lowest BCUT2D eigenvalue weighted by Gasteiger charge is -2.22. The fourth-order valence-corrected chi connectivity index (χ4v) is 3.69. The molecule has 0 saturated carbocycles. The SMILES string of the molecule is COC(=O)CCCN(C)C1CCS(=O)(=O)C1. The highest BCUT2D eigenvalue weighted by Gasteiger charge is 2.30. The lowest BCUT2D eigenvalue weighted by atomic mass is 10.2. The van der Waals surface area contributed by atoms with E-state index in [-0.39, 0.29) is 17.8 Å². The number of hydrogen-bond acceptors (Lipinski definition) is 5. The number of rotatable bonds is 5. The largest absolute Gasteiger partial charge is 0.469 e. The molecule has 1 aliphatic heterocycles. The quantitative estimate of drug-likeness (QED) is 0.645. The lowest BCUT2D eigenvalue weighted by molar-refractivity contribution is -0.140. The maximum Gasteiger partial charge on any atom is 0.305 e. The van der Waals surface area contributed by atoms with Gasteiger partial charge in [0, 0.05) is 12.5 Å². The molecule has 1 saturated heterocycles. The Morgan fingerprint density at radius 2 is 2.19 bits per heavy atom. The number of nitrogens with zero attached hydrogens (tertiary/aromatic N) is 1. The first kappa shape index (κ1) is 13.4. The summed E-state index contributed by atoms with van der Waals surface area (Å²) in [4.78, 5) is 12.9. The Morgan fingerprint density at radius 1 is 1.50 bits per heavy atom. The van der Waals surface area contributed by atoms with E-state index in [4.69, 9.17) is 0 Å². The van der Waals surface area contributed by atoms with Crippen LogP contribution in [0.25, 0.3) is 0 Å². The van der Waals surface area contributed by atoms with E-state index in [2.05, 4.69) is 4.74 Å². The van der Waals surface area contributed by atoms with Gasteiger partial charge in [-0.05, 0) is 26.4 Å². The van der Waals surface area contributed by atoms with Crippen LogP contribution < -0.4 is 0 Å². The van der Waals surface area contributed by atoms with Crippen molar-refractivity contribution in [2.75, 3.05) is 32.2 Å². The second-order valence-corrected chi connectivity index (χ2v) is 6.45. The molecule has 0 spiro atoms. The Labute approximate surface area is 96.7 Å². The molecule has 1 atom stereocenters. The fraction of sp³-hybridized carbons (Fsp3) is 0.900. The second-order valence-electron chi connectivity index (χ2n) is 4.22. The van der Waals surface area contributed by atoms with E-state index in [9.17, 15) is 13.2 Å². The van der Waals surface area contributed by atoms with Gasteiger partial charge in [0.25, 0.3) is 0 Å². The summed E-state index contributed by atoms with van der Waals surface area (Å²) < 4.78 is 27.1. The zero-order valence-corrected chi connectivity index (χ0v) is 10.6. The van der Waals surface area contributed by atoms with E-state index in [1.807, 2.05) is 11.9 Å². The summed E-state index contributed by atoms with van der Waals surface area (Å²) in [7, 11) is 0.456. The molecule has 0 aromatic heterocycles. The van der Waals surface area contributed by atoms with E-state index in [0.717, 1.165) is 6.54 Å². The van der Waals surface area contributed by atoms with Gasteiger partial charge in [0.15, 0.2) is 9.84 Å². The predicted octanol–water partition coefficient (Wildman–Crippen LogP) is 0.0585. The zero-order valence-electron chi connectivity index (χ0n) is 9.81. The van der Waals surface area contributed by atoms with Gasteiger partial charge in [-0.1, -0.05) is 0 Å². The smallest absolute Gasteiger partial charge is 0.305 e. The van der Waals surface area contributed by atoms with E-state index in [1.165, 1.54) is 7.11 Å². The Kier molecular flexibility index (Phi) is 4.73. The molecule has 0 bridgehead atoms. The lowest BCUT2D eigenvalue weighted by Crippen LogP contribution is -2.33. The van der Waals surface area contributed by atoms with Gasteiger partial charge in [0.2, 0.25) is 0 Å². The van der Waals surface area contributed by atoms with Crippen LogP contribution >= 0.6 is 0 Å². The molecule has 0 N–H and O–H groups in total.